The maximum atomic E-state index is 12.5. The van der Waals surface area contributed by atoms with Crippen LogP contribution >= 0.6 is 11.3 Å². The molecule has 1 aromatic heterocycles. The highest BCUT2D eigenvalue weighted by molar-refractivity contribution is 7.09. The van der Waals surface area contributed by atoms with Gasteiger partial charge in [-0.15, -0.1) is 11.3 Å². The molecule has 1 aliphatic carbocycles. The van der Waals surface area contributed by atoms with Gasteiger partial charge in [-0.05, 0) is 42.8 Å². The highest BCUT2D eigenvalue weighted by atomic mass is 32.1. The Balaban J connectivity index is 1.41. The number of benzene rings is 1. The average Bonchev–Trinajstić information content (AvgIpc) is 3.32. The fourth-order valence-corrected chi connectivity index (χ4v) is 3.45. The van der Waals surface area contributed by atoms with Crippen LogP contribution < -0.4 is 10.2 Å². The van der Waals surface area contributed by atoms with E-state index in [-0.39, 0.29) is 6.03 Å². The van der Waals surface area contributed by atoms with Crippen molar-refractivity contribution in [1.29, 1.82) is 0 Å². The van der Waals surface area contributed by atoms with Crippen LogP contribution in [0.25, 0.3) is 0 Å². The van der Waals surface area contributed by atoms with Crippen molar-refractivity contribution in [3.8, 4) is 0 Å². The van der Waals surface area contributed by atoms with Gasteiger partial charge in [0.2, 0.25) is 0 Å². The molecule has 0 spiro atoms. The Labute approximate surface area is 148 Å². The second kappa shape index (κ2) is 8.20. The molecule has 1 heterocycles. The number of amides is 2. The van der Waals surface area contributed by atoms with Crippen LogP contribution in [0.1, 0.15) is 24.1 Å². The van der Waals surface area contributed by atoms with E-state index in [1.54, 1.807) is 11.3 Å². The lowest BCUT2D eigenvalue weighted by Gasteiger charge is -2.23. The fourth-order valence-electron chi connectivity index (χ4n) is 2.75. The molecular weight excluding hydrogens is 318 g/mol. The molecule has 3 rings (SSSR count). The van der Waals surface area contributed by atoms with Gasteiger partial charge >= 0.3 is 6.03 Å². The third-order valence-corrected chi connectivity index (χ3v) is 5.16. The minimum atomic E-state index is 0.0771. The van der Waals surface area contributed by atoms with Gasteiger partial charge in [0.1, 0.15) is 0 Å². The predicted octanol–water partition coefficient (Wildman–Crippen LogP) is 3.95. The van der Waals surface area contributed by atoms with Gasteiger partial charge in [0, 0.05) is 36.7 Å². The number of carbonyl (C=O) groups is 1. The second-order valence-corrected chi connectivity index (χ2v) is 7.31. The summed E-state index contributed by atoms with van der Waals surface area (Å²) in [5.41, 5.74) is 1.21. The van der Waals surface area contributed by atoms with Crippen LogP contribution in [-0.2, 0) is 6.54 Å². The Morgan fingerprint density at radius 1 is 1.21 bits per heavy atom. The van der Waals surface area contributed by atoms with Crippen molar-refractivity contribution in [3.63, 3.8) is 0 Å². The summed E-state index contributed by atoms with van der Waals surface area (Å²) in [6.07, 6.45) is 3.21. The zero-order valence-electron chi connectivity index (χ0n) is 14.1. The van der Waals surface area contributed by atoms with Gasteiger partial charge < -0.3 is 15.1 Å². The van der Waals surface area contributed by atoms with Crippen molar-refractivity contribution < 1.29 is 4.79 Å². The van der Waals surface area contributed by atoms with Crippen molar-refractivity contribution in [2.24, 2.45) is 0 Å². The first-order valence-corrected chi connectivity index (χ1v) is 9.45. The first-order chi connectivity index (χ1) is 11.7. The van der Waals surface area contributed by atoms with E-state index < -0.39 is 0 Å². The van der Waals surface area contributed by atoms with E-state index in [0.717, 1.165) is 32.4 Å². The number of rotatable bonds is 8. The molecule has 0 bridgehead atoms. The van der Waals surface area contributed by atoms with Crippen molar-refractivity contribution in [2.45, 2.75) is 31.8 Å². The largest absolute Gasteiger partial charge is 0.375 e. The molecule has 4 nitrogen and oxygen atoms in total. The molecular formula is C19H25N3OS. The van der Waals surface area contributed by atoms with E-state index in [1.165, 1.54) is 10.6 Å². The molecule has 1 fully saturated rings. The van der Waals surface area contributed by atoms with Gasteiger partial charge in [-0.3, -0.25) is 0 Å². The van der Waals surface area contributed by atoms with Crippen LogP contribution in [0.5, 0.6) is 0 Å². The molecule has 2 amide bonds. The van der Waals surface area contributed by atoms with Gasteiger partial charge in [-0.25, -0.2) is 4.79 Å². The summed E-state index contributed by atoms with van der Waals surface area (Å²) in [5.74, 6) is 0. The third kappa shape index (κ3) is 4.74. The number of carbonyl (C=O) groups excluding carboxylic acids is 1. The summed E-state index contributed by atoms with van der Waals surface area (Å²) >= 11 is 1.72. The number of para-hydroxylation sites is 1. The summed E-state index contributed by atoms with van der Waals surface area (Å²) < 4.78 is 0. The lowest BCUT2D eigenvalue weighted by molar-refractivity contribution is 0.192. The molecule has 0 unspecified atom stereocenters. The van der Waals surface area contributed by atoms with E-state index in [4.69, 9.17) is 0 Å². The van der Waals surface area contributed by atoms with E-state index in [1.807, 2.05) is 29.2 Å². The lowest BCUT2D eigenvalue weighted by atomic mass is 10.3. The van der Waals surface area contributed by atoms with Crippen LogP contribution in [-0.4, -0.2) is 37.1 Å². The molecule has 1 aliphatic rings. The topological polar surface area (TPSA) is 35.6 Å². The van der Waals surface area contributed by atoms with Gasteiger partial charge in [0.25, 0.3) is 0 Å². The number of hydrogen-bond donors (Lipinski definition) is 1. The van der Waals surface area contributed by atoms with Crippen LogP contribution in [0.4, 0.5) is 10.5 Å². The maximum absolute atomic E-state index is 12.5. The number of urea groups is 1. The van der Waals surface area contributed by atoms with E-state index >= 15 is 0 Å². The van der Waals surface area contributed by atoms with E-state index in [0.29, 0.717) is 12.6 Å². The molecule has 24 heavy (non-hydrogen) atoms. The van der Waals surface area contributed by atoms with Gasteiger partial charge in [0.05, 0.1) is 6.54 Å². The highest BCUT2D eigenvalue weighted by Crippen LogP contribution is 2.29. The summed E-state index contributed by atoms with van der Waals surface area (Å²) in [6, 6.07) is 15.0. The molecule has 128 valence electrons. The van der Waals surface area contributed by atoms with Crippen LogP contribution in [0.3, 0.4) is 0 Å². The average molecular weight is 343 g/mol. The van der Waals surface area contributed by atoms with Gasteiger partial charge in [-0.2, -0.15) is 0 Å². The van der Waals surface area contributed by atoms with E-state index in [9.17, 15) is 4.79 Å². The number of anilines is 1. The smallest absolute Gasteiger partial charge is 0.317 e. The lowest BCUT2D eigenvalue weighted by Crippen LogP contribution is -2.41. The first-order valence-electron chi connectivity index (χ1n) is 8.57. The van der Waals surface area contributed by atoms with Crippen molar-refractivity contribution in [1.82, 2.24) is 10.2 Å². The van der Waals surface area contributed by atoms with Crippen molar-refractivity contribution in [2.75, 3.05) is 25.0 Å². The Morgan fingerprint density at radius 3 is 2.67 bits per heavy atom. The minimum Gasteiger partial charge on any atom is -0.375 e. The Kier molecular flexibility index (Phi) is 5.75. The number of hydrogen-bond acceptors (Lipinski definition) is 3. The SMILES string of the molecule is CN(CCCNC(=O)N(Cc1cccs1)C1CC1)c1ccccc1. The molecule has 2 aromatic rings. The molecule has 0 aliphatic heterocycles. The van der Waals surface area contributed by atoms with Crippen molar-refractivity contribution in [3.05, 3.63) is 52.7 Å². The van der Waals surface area contributed by atoms with Gasteiger partial charge in [0.15, 0.2) is 0 Å². The summed E-state index contributed by atoms with van der Waals surface area (Å²) in [6.45, 7) is 2.38. The molecule has 1 saturated carbocycles. The number of nitrogens with zero attached hydrogens (tertiary/aromatic N) is 2. The Hall–Kier alpha value is -2.01. The molecule has 5 heteroatoms. The van der Waals surface area contributed by atoms with Gasteiger partial charge in [-0.1, -0.05) is 24.3 Å². The highest BCUT2D eigenvalue weighted by Gasteiger charge is 2.32. The van der Waals surface area contributed by atoms with Crippen molar-refractivity contribution >= 4 is 23.1 Å². The second-order valence-electron chi connectivity index (χ2n) is 6.28. The fraction of sp³-hybridized carbons (Fsp3) is 0.421. The number of thiophene rings is 1. The quantitative estimate of drug-likeness (QED) is 0.737. The zero-order chi connectivity index (χ0) is 16.8. The van der Waals surface area contributed by atoms with Crippen LogP contribution in [0.15, 0.2) is 47.8 Å². The molecule has 1 aromatic carbocycles. The summed E-state index contributed by atoms with van der Waals surface area (Å²) in [7, 11) is 2.09. The van der Waals surface area contributed by atoms with Crippen LogP contribution in [0.2, 0.25) is 0 Å². The molecule has 1 N–H and O–H groups in total. The first kappa shape index (κ1) is 16.8. The number of nitrogens with one attached hydrogen (secondary N) is 1. The standard InChI is InChI=1S/C19H25N3OS/c1-21(16-7-3-2-4-8-16)13-6-12-20-19(23)22(17-10-11-17)15-18-9-5-14-24-18/h2-5,7-9,14,17H,6,10-13,15H2,1H3,(H,20,23). The molecule has 0 radical (unpaired) electrons. The maximum Gasteiger partial charge on any atom is 0.317 e. The zero-order valence-corrected chi connectivity index (χ0v) is 15.0. The normalized spacial score (nSPS) is 13.5. The molecule has 0 saturated heterocycles. The summed E-state index contributed by atoms with van der Waals surface area (Å²) in [4.78, 5) is 17.9. The Bertz CT molecular complexity index is 625. The molecule has 0 atom stereocenters. The third-order valence-electron chi connectivity index (χ3n) is 4.30. The minimum absolute atomic E-state index is 0.0771. The summed E-state index contributed by atoms with van der Waals surface area (Å²) in [5, 5.41) is 5.16. The van der Waals surface area contributed by atoms with Crippen LogP contribution in [0, 0.1) is 0 Å². The Morgan fingerprint density at radius 2 is 2.00 bits per heavy atom. The van der Waals surface area contributed by atoms with E-state index in [2.05, 4.69) is 40.8 Å². The monoisotopic (exact) mass is 343 g/mol. The predicted molar refractivity (Wildman–Crippen MR) is 101 cm³/mol.